The molecule has 2 heterocycles. The van der Waals surface area contributed by atoms with Crippen molar-refractivity contribution in [1.29, 1.82) is 5.41 Å². The molecule has 0 amide bonds. The van der Waals surface area contributed by atoms with Crippen molar-refractivity contribution >= 4 is 16.0 Å². The number of esters is 1. The molecular formula is C10H17N5O5S. The number of rotatable bonds is 4. The number of sulfonamides is 1. The van der Waals surface area contributed by atoms with E-state index in [-0.39, 0.29) is 31.8 Å². The second-order valence-electron chi connectivity index (χ2n) is 4.54. The Kier molecular flexibility index (Phi) is 4.32. The highest BCUT2D eigenvalue weighted by Gasteiger charge is 2.36. The van der Waals surface area contributed by atoms with Crippen molar-refractivity contribution in [3.05, 3.63) is 11.8 Å². The summed E-state index contributed by atoms with van der Waals surface area (Å²) in [6.45, 7) is 2.26. The van der Waals surface area contributed by atoms with E-state index in [0.717, 1.165) is 6.26 Å². The van der Waals surface area contributed by atoms with E-state index in [1.54, 1.807) is 6.92 Å². The number of nitrogens with one attached hydrogen (secondary N) is 1. The van der Waals surface area contributed by atoms with Gasteiger partial charge in [0, 0.05) is 19.6 Å². The van der Waals surface area contributed by atoms with Gasteiger partial charge in [-0.2, -0.15) is 0 Å². The molecule has 0 aromatic carbocycles. The highest BCUT2D eigenvalue weighted by Crippen LogP contribution is 2.10. The molecule has 1 aliphatic heterocycles. The summed E-state index contributed by atoms with van der Waals surface area (Å²) >= 11 is 0. The first-order valence-electron chi connectivity index (χ1n) is 6.32. The topological polar surface area (TPSA) is 122 Å². The van der Waals surface area contributed by atoms with Gasteiger partial charge < -0.3 is 9.26 Å². The molecular weight excluding hydrogens is 302 g/mol. The Labute approximate surface area is 121 Å². The second kappa shape index (κ2) is 5.85. The third kappa shape index (κ3) is 3.42. The minimum absolute atomic E-state index is 0.0368. The van der Waals surface area contributed by atoms with Crippen LogP contribution < -0.4 is 20.6 Å². The Hall–Kier alpha value is -1.88. The molecule has 0 bridgehead atoms. The lowest BCUT2D eigenvalue weighted by Gasteiger charge is -2.39. The van der Waals surface area contributed by atoms with E-state index in [2.05, 4.69) is 9.79 Å². The Morgan fingerprint density at radius 3 is 2.86 bits per heavy atom. The average molecular weight is 319 g/mol. The quantitative estimate of drug-likeness (QED) is 0.468. The van der Waals surface area contributed by atoms with Gasteiger partial charge in [-0.15, -0.1) is 0 Å². The number of carbonyl (C=O) groups is 1. The predicted molar refractivity (Wildman–Crippen MR) is 68.0 cm³/mol. The molecule has 0 spiro atoms. The third-order valence-electron chi connectivity index (χ3n) is 3.06. The van der Waals surface area contributed by atoms with Gasteiger partial charge in [0.05, 0.1) is 12.9 Å². The normalized spacial score (nSPS) is 20.5. The second-order valence-corrected chi connectivity index (χ2v) is 6.52. The number of piperazine rings is 1. The van der Waals surface area contributed by atoms with Crippen LogP contribution in [0.4, 0.5) is 0 Å². The van der Waals surface area contributed by atoms with Gasteiger partial charge in [-0.05, 0) is 12.2 Å². The first-order chi connectivity index (χ1) is 9.82. The molecule has 2 rings (SSSR count). The van der Waals surface area contributed by atoms with Crippen LogP contribution in [0.5, 0.6) is 0 Å². The molecule has 0 aliphatic carbocycles. The molecule has 21 heavy (non-hydrogen) atoms. The number of carbonyl (C=O) groups excluding carboxylic acids is 1. The molecule has 1 N–H and O–H groups in total. The van der Waals surface area contributed by atoms with E-state index in [0.29, 0.717) is 0 Å². The summed E-state index contributed by atoms with van der Waals surface area (Å²) in [7, 11) is -3.40. The van der Waals surface area contributed by atoms with E-state index in [1.165, 1.54) is 20.3 Å². The third-order valence-corrected chi connectivity index (χ3v) is 4.33. The van der Waals surface area contributed by atoms with E-state index in [9.17, 15) is 13.2 Å². The fourth-order valence-electron chi connectivity index (χ4n) is 2.09. The van der Waals surface area contributed by atoms with Crippen LogP contribution in [0.25, 0.3) is 0 Å². The minimum atomic E-state index is -3.40. The van der Waals surface area contributed by atoms with E-state index >= 15 is 0 Å². The maximum absolute atomic E-state index is 12.1. The molecule has 11 heteroatoms. The number of aromatic nitrogens is 2. The molecule has 118 valence electrons. The Morgan fingerprint density at radius 2 is 2.33 bits per heavy atom. The maximum Gasteiger partial charge on any atom is 0.314 e. The molecule has 1 aromatic heterocycles. The number of hydrogen-bond acceptors (Lipinski definition) is 7. The monoisotopic (exact) mass is 319 g/mol. The van der Waals surface area contributed by atoms with Crippen molar-refractivity contribution in [3.8, 4) is 0 Å². The number of hydrogen-bond donors (Lipinski definition) is 1. The molecule has 10 nitrogen and oxygen atoms in total. The van der Waals surface area contributed by atoms with Gasteiger partial charge in [0.15, 0.2) is 0 Å². The minimum Gasteiger partial charge on any atom is -0.466 e. The van der Waals surface area contributed by atoms with Crippen LogP contribution in [0, 0.1) is 5.41 Å². The highest BCUT2D eigenvalue weighted by molar-refractivity contribution is 7.88. The summed E-state index contributed by atoms with van der Waals surface area (Å²) in [4.78, 5) is 13.3. The summed E-state index contributed by atoms with van der Waals surface area (Å²) in [5.74, 6) is -0.548. The zero-order chi connectivity index (χ0) is 15.6. The van der Waals surface area contributed by atoms with Crippen LogP contribution in [0.15, 0.2) is 10.7 Å². The molecule has 0 saturated carbocycles. The van der Waals surface area contributed by atoms with Crippen molar-refractivity contribution in [2.45, 2.75) is 13.0 Å². The van der Waals surface area contributed by atoms with Gasteiger partial charge in [-0.25, -0.2) is 12.7 Å². The summed E-state index contributed by atoms with van der Waals surface area (Å²) in [6, 6.07) is -0.845. The van der Waals surface area contributed by atoms with Crippen molar-refractivity contribution in [2.75, 3.05) is 37.5 Å². The van der Waals surface area contributed by atoms with Gasteiger partial charge in [0.25, 0.3) is 11.8 Å². The summed E-state index contributed by atoms with van der Waals surface area (Å²) in [5.41, 5.74) is -0.164. The molecule has 1 aliphatic rings. The van der Waals surface area contributed by atoms with Crippen molar-refractivity contribution in [1.82, 2.24) is 9.58 Å². The van der Waals surface area contributed by atoms with Gasteiger partial charge in [0.2, 0.25) is 10.0 Å². The Bertz CT molecular complexity index is 665. The van der Waals surface area contributed by atoms with Crippen molar-refractivity contribution in [2.24, 2.45) is 0 Å². The Balaban J connectivity index is 2.28. The van der Waals surface area contributed by atoms with Crippen LogP contribution >= 0.6 is 0 Å². The van der Waals surface area contributed by atoms with Gasteiger partial charge >= 0.3 is 5.97 Å². The molecule has 1 fully saturated rings. The van der Waals surface area contributed by atoms with Crippen LogP contribution in [-0.2, 0) is 19.6 Å². The maximum atomic E-state index is 12.1. The van der Waals surface area contributed by atoms with Crippen LogP contribution in [0.3, 0.4) is 0 Å². The van der Waals surface area contributed by atoms with Crippen molar-refractivity contribution < 1.29 is 27.3 Å². The molecule has 1 atom stereocenters. The lowest BCUT2D eigenvalue weighted by Crippen LogP contribution is -2.73. The first kappa shape index (κ1) is 15.5. The fourth-order valence-corrected chi connectivity index (χ4v) is 2.91. The van der Waals surface area contributed by atoms with Gasteiger partial charge in [-0.3, -0.25) is 15.2 Å². The fraction of sp³-hybridized carbons (Fsp3) is 0.700. The zero-order valence-corrected chi connectivity index (χ0v) is 12.5. The predicted octanol–water partition coefficient (Wildman–Crippen LogP) is -2.85. The van der Waals surface area contributed by atoms with Crippen LogP contribution in [0.1, 0.15) is 6.92 Å². The highest BCUT2D eigenvalue weighted by atomic mass is 32.2. The Morgan fingerprint density at radius 1 is 1.62 bits per heavy atom. The standard InChI is InChI=1S/C10H17N5O5S/c1-3-19-10(16)8-6-13(21(2,17)18)4-5-14(8)15-7-9(11)20-12-15/h7-8,11H,3-6H2,1-2H3. The summed E-state index contributed by atoms with van der Waals surface area (Å²) < 4.78 is 34.1. The SMILES string of the molecule is CCOC(=O)C1CN(S(C)(=O)=O)CCN1[n+]1cc(=N)o[n-]1. The van der Waals surface area contributed by atoms with E-state index in [1.807, 2.05) is 0 Å². The van der Waals surface area contributed by atoms with Crippen LogP contribution in [0.2, 0.25) is 0 Å². The van der Waals surface area contributed by atoms with Gasteiger partial charge in [0.1, 0.15) is 6.04 Å². The first-order valence-corrected chi connectivity index (χ1v) is 8.16. The largest absolute Gasteiger partial charge is 0.466 e. The smallest absolute Gasteiger partial charge is 0.314 e. The molecule has 0 radical (unpaired) electrons. The number of ether oxygens (including phenoxy) is 1. The lowest BCUT2D eigenvalue weighted by atomic mass is 10.2. The molecule has 1 unspecified atom stereocenters. The lowest BCUT2D eigenvalue weighted by molar-refractivity contribution is -0.766. The van der Waals surface area contributed by atoms with E-state index in [4.69, 9.17) is 10.1 Å². The van der Waals surface area contributed by atoms with Gasteiger partial charge in [-0.1, -0.05) is 4.79 Å². The van der Waals surface area contributed by atoms with E-state index < -0.39 is 22.0 Å². The molecule has 1 aromatic rings. The van der Waals surface area contributed by atoms with Crippen molar-refractivity contribution in [3.63, 3.8) is 0 Å². The summed E-state index contributed by atoms with van der Waals surface area (Å²) in [6.07, 6.45) is 2.39. The average Bonchev–Trinajstić information content (AvgIpc) is 2.84. The summed E-state index contributed by atoms with van der Waals surface area (Å²) in [5, 5.41) is 12.5. The molecule has 1 saturated heterocycles. The zero-order valence-electron chi connectivity index (χ0n) is 11.7. The number of nitrogens with zero attached hydrogens (tertiary/aromatic N) is 4. The van der Waals surface area contributed by atoms with Crippen LogP contribution in [-0.4, -0.2) is 57.2 Å².